The zero-order valence-electron chi connectivity index (χ0n) is 10.5. The standard InChI is InChI=1S/C16H10N2O2/c1-3-7-13-11(5-1)17-15(19-13)9-10-16-18-12-6-2-4-8-14(12)20-16/h1-10H. The minimum atomic E-state index is 0.536. The third kappa shape index (κ3) is 1.87. The molecule has 2 heterocycles. The van der Waals surface area contributed by atoms with Crippen LogP contribution in [0.2, 0.25) is 0 Å². The van der Waals surface area contributed by atoms with Gasteiger partial charge < -0.3 is 8.83 Å². The second-order valence-corrected chi connectivity index (χ2v) is 4.37. The maximum atomic E-state index is 5.60. The number of benzene rings is 2. The van der Waals surface area contributed by atoms with Crippen molar-refractivity contribution in [1.82, 2.24) is 9.97 Å². The molecular formula is C16H10N2O2. The molecule has 0 amide bonds. The Morgan fingerprint density at radius 3 is 1.55 bits per heavy atom. The summed E-state index contributed by atoms with van der Waals surface area (Å²) < 4.78 is 11.2. The van der Waals surface area contributed by atoms with Gasteiger partial charge in [0.2, 0.25) is 11.8 Å². The lowest BCUT2D eigenvalue weighted by molar-refractivity contribution is 0.583. The monoisotopic (exact) mass is 262 g/mol. The van der Waals surface area contributed by atoms with E-state index in [4.69, 9.17) is 8.83 Å². The van der Waals surface area contributed by atoms with Crippen LogP contribution >= 0.6 is 0 Å². The Morgan fingerprint density at radius 1 is 0.650 bits per heavy atom. The quantitative estimate of drug-likeness (QED) is 0.544. The van der Waals surface area contributed by atoms with Crippen LogP contribution in [0.1, 0.15) is 11.8 Å². The zero-order valence-corrected chi connectivity index (χ0v) is 10.5. The molecule has 0 unspecified atom stereocenters. The predicted molar refractivity (Wildman–Crippen MR) is 76.9 cm³/mol. The number of fused-ring (bicyclic) bond motifs is 2. The summed E-state index contributed by atoms with van der Waals surface area (Å²) in [6.45, 7) is 0. The third-order valence-corrected chi connectivity index (χ3v) is 2.99. The molecule has 4 nitrogen and oxygen atoms in total. The molecule has 0 bridgehead atoms. The van der Waals surface area contributed by atoms with E-state index >= 15 is 0 Å². The van der Waals surface area contributed by atoms with Gasteiger partial charge in [-0.2, -0.15) is 0 Å². The van der Waals surface area contributed by atoms with Crippen molar-refractivity contribution in [3.63, 3.8) is 0 Å². The summed E-state index contributed by atoms with van der Waals surface area (Å²) in [5.74, 6) is 1.07. The number of hydrogen-bond acceptors (Lipinski definition) is 4. The van der Waals surface area contributed by atoms with Crippen molar-refractivity contribution in [1.29, 1.82) is 0 Å². The molecule has 96 valence electrons. The van der Waals surface area contributed by atoms with Crippen molar-refractivity contribution in [2.45, 2.75) is 0 Å². The van der Waals surface area contributed by atoms with Crippen molar-refractivity contribution < 1.29 is 8.83 Å². The Hall–Kier alpha value is -2.88. The molecule has 20 heavy (non-hydrogen) atoms. The fraction of sp³-hybridized carbons (Fsp3) is 0. The molecule has 0 saturated heterocycles. The SMILES string of the molecule is C(=Cc1nc2ccccc2o1)c1nc2ccccc2o1. The van der Waals surface area contributed by atoms with E-state index in [1.54, 1.807) is 12.2 Å². The average Bonchev–Trinajstić information content (AvgIpc) is 3.07. The smallest absolute Gasteiger partial charge is 0.220 e. The number of oxazole rings is 2. The number of rotatable bonds is 2. The van der Waals surface area contributed by atoms with Crippen LogP contribution in [0.4, 0.5) is 0 Å². The Bertz CT molecular complexity index is 776. The van der Waals surface area contributed by atoms with Crippen LogP contribution in [0.15, 0.2) is 57.4 Å². The first-order chi connectivity index (χ1) is 9.88. The van der Waals surface area contributed by atoms with E-state index in [1.165, 1.54) is 0 Å². The summed E-state index contributed by atoms with van der Waals surface area (Å²) in [6.07, 6.45) is 3.51. The molecule has 0 atom stereocenters. The van der Waals surface area contributed by atoms with Crippen molar-refractivity contribution in [3.05, 3.63) is 60.3 Å². The van der Waals surface area contributed by atoms with Gasteiger partial charge in [-0.25, -0.2) is 9.97 Å². The Balaban J connectivity index is 1.70. The van der Waals surface area contributed by atoms with Crippen LogP contribution in [-0.2, 0) is 0 Å². The summed E-state index contributed by atoms with van der Waals surface area (Å²) in [4.78, 5) is 8.72. The molecule has 4 aromatic rings. The van der Waals surface area contributed by atoms with Gasteiger partial charge in [0.1, 0.15) is 11.0 Å². The molecule has 0 aliphatic heterocycles. The van der Waals surface area contributed by atoms with Crippen molar-refractivity contribution >= 4 is 34.4 Å². The zero-order chi connectivity index (χ0) is 13.4. The number of para-hydroxylation sites is 4. The summed E-state index contributed by atoms with van der Waals surface area (Å²) in [7, 11) is 0. The fourth-order valence-electron chi connectivity index (χ4n) is 2.07. The maximum Gasteiger partial charge on any atom is 0.220 e. The topological polar surface area (TPSA) is 52.1 Å². The van der Waals surface area contributed by atoms with E-state index in [-0.39, 0.29) is 0 Å². The minimum absolute atomic E-state index is 0.536. The van der Waals surface area contributed by atoms with Gasteiger partial charge in [-0.3, -0.25) is 0 Å². The van der Waals surface area contributed by atoms with E-state index in [1.807, 2.05) is 48.5 Å². The van der Waals surface area contributed by atoms with Gasteiger partial charge in [-0.05, 0) is 24.3 Å². The molecule has 0 aliphatic rings. The van der Waals surface area contributed by atoms with Gasteiger partial charge in [-0.1, -0.05) is 24.3 Å². The highest BCUT2D eigenvalue weighted by Crippen LogP contribution is 2.18. The van der Waals surface area contributed by atoms with Crippen LogP contribution < -0.4 is 0 Å². The number of hydrogen-bond donors (Lipinski definition) is 0. The number of nitrogens with zero attached hydrogens (tertiary/aromatic N) is 2. The largest absolute Gasteiger partial charge is 0.437 e. The molecule has 0 N–H and O–H groups in total. The highest BCUT2D eigenvalue weighted by molar-refractivity contribution is 5.77. The molecule has 0 spiro atoms. The fourth-order valence-corrected chi connectivity index (χ4v) is 2.07. The molecular weight excluding hydrogens is 252 g/mol. The Labute approximate surface area is 114 Å². The predicted octanol–water partition coefficient (Wildman–Crippen LogP) is 4.14. The van der Waals surface area contributed by atoms with Crippen LogP contribution in [0, 0.1) is 0 Å². The molecule has 0 radical (unpaired) electrons. The van der Waals surface area contributed by atoms with Gasteiger partial charge in [0.25, 0.3) is 0 Å². The lowest BCUT2D eigenvalue weighted by atomic mass is 10.3. The van der Waals surface area contributed by atoms with Gasteiger partial charge in [0, 0.05) is 12.2 Å². The van der Waals surface area contributed by atoms with E-state index in [2.05, 4.69) is 9.97 Å². The summed E-state index contributed by atoms with van der Waals surface area (Å²) in [5.41, 5.74) is 3.21. The molecule has 0 fully saturated rings. The first-order valence-corrected chi connectivity index (χ1v) is 6.28. The van der Waals surface area contributed by atoms with Crippen molar-refractivity contribution in [2.24, 2.45) is 0 Å². The van der Waals surface area contributed by atoms with Gasteiger partial charge in [0.15, 0.2) is 11.2 Å². The van der Waals surface area contributed by atoms with Gasteiger partial charge in [0.05, 0.1) is 0 Å². The summed E-state index contributed by atoms with van der Waals surface area (Å²) >= 11 is 0. The third-order valence-electron chi connectivity index (χ3n) is 2.99. The summed E-state index contributed by atoms with van der Waals surface area (Å²) in [6, 6.07) is 15.3. The Kier molecular flexibility index (Phi) is 2.39. The van der Waals surface area contributed by atoms with Gasteiger partial charge >= 0.3 is 0 Å². The first-order valence-electron chi connectivity index (χ1n) is 6.28. The van der Waals surface area contributed by atoms with E-state index < -0.39 is 0 Å². The lowest BCUT2D eigenvalue weighted by Crippen LogP contribution is -1.71. The highest BCUT2D eigenvalue weighted by Gasteiger charge is 2.04. The van der Waals surface area contributed by atoms with E-state index in [0.29, 0.717) is 11.8 Å². The second-order valence-electron chi connectivity index (χ2n) is 4.37. The van der Waals surface area contributed by atoms with Crippen LogP contribution in [0.3, 0.4) is 0 Å². The van der Waals surface area contributed by atoms with Gasteiger partial charge in [-0.15, -0.1) is 0 Å². The molecule has 2 aromatic carbocycles. The molecule has 4 heteroatoms. The van der Waals surface area contributed by atoms with Crippen LogP contribution in [0.5, 0.6) is 0 Å². The van der Waals surface area contributed by atoms with E-state index in [9.17, 15) is 0 Å². The number of aromatic nitrogens is 2. The second kappa shape index (κ2) is 4.35. The van der Waals surface area contributed by atoms with Crippen LogP contribution in [0.25, 0.3) is 34.4 Å². The lowest BCUT2D eigenvalue weighted by Gasteiger charge is -1.82. The highest BCUT2D eigenvalue weighted by atomic mass is 16.4. The average molecular weight is 262 g/mol. The van der Waals surface area contributed by atoms with Crippen LogP contribution in [-0.4, -0.2) is 9.97 Å². The molecule has 4 rings (SSSR count). The molecule has 0 saturated carbocycles. The molecule has 0 aliphatic carbocycles. The maximum absolute atomic E-state index is 5.60. The minimum Gasteiger partial charge on any atom is -0.437 e. The van der Waals surface area contributed by atoms with E-state index in [0.717, 1.165) is 22.2 Å². The van der Waals surface area contributed by atoms with Crippen molar-refractivity contribution in [2.75, 3.05) is 0 Å². The Morgan fingerprint density at radius 2 is 1.10 bits per heavy atom. The molecule has 2 aromatic heterocycles. The summed E-state index contributed by atoms with van der Waals surface area (Å²) in [5, 5.41) is 0. The van der Waals surface area contributed by atoms with Crippen molar-refractivity contribution in [3.8, 4) is 0 Å². The normalized spacial score (nSPS) is 11.8. The first kappa shape index (κ1) is 11.0.